The Kier molecular flexibility index (Phi) is 4.20. The van der Waals surface area contributed by atoms with Crippen molar-refractivity contribution in [2.75, 3.05) is 37.6 Å². The van der Waals surface area contributed by atoms with Crippen LogP contribution in [-0.2, 0) is 0 Å². The highest BCUT2D eigenvalue weighted by Crippen LogP contribution is 2.36. The van der Waals surface area contributed by atoms with E-state index in [0.717, 1.165) is 37.7 Å². The molecule has 0 radical (unpaired) electrons. The van der Waals surface area contributed by atoms with Crippen LogP contribution in [0.2, 0.25) is 5.02 Å². The Labute approximate surface area is 126 Å². The summed E-state index contributed by atoms with van der Waals surface area (Å²) in [6, 6.07) is 8.14. The highest BCUT2D eigenvalue weighted by Gasteiger charge is 2.39. The van der Waals surface area contributed by atoms with E-state index < -0.39 is 0 Å². The summed E-state index contributed by atoms with van der Waals surface area (Å²) >= 11 is 6.30. The summed E-state index contributed by atoms with van der Waals surface area (Å²) in [6.07, 6.45) is 5.22. The lowest BCUT2D eigenvalue weighted by atomic mass is 9.94. The molecule has 3 rings (SSSR count). The molecule has 1 aromatic rings. The number of hydrogen-bond acceptors (Lipinski definition) is 3. The molecule has 4 heteroatoms. The Morgan fingerprint density at radius 2 is 1.70 bits per heavy atom. The second kappa shape index (κ2) is 5.92. The molecule has 0 unspecified atom stereocenters. The van der Waals surface area contributed by atoms with Crippen molar-refractivity contribution in [1.29, 1.82) is 0 Å². The molecule has 2 N–H and O–H groups in total. The van der Waals surface area contributed by atoms with E-state index in [4.69, 9.17) is 17.3 Å². The SMILES string of the molecule is NCC1(N2CCN(c3ccccc3Cl)CC2)CCCC1. The molecule has 1 aliphatic heterocycles. The van der Waals surface area contributed by atoms with Crippen molar-refractivity contribution in [1.82, 2.24) is 4.90 Å². The third kappa shape index (κ3) is 2.54. The van der Waals surface area contributed by atoms with Gasteiger partial charge in [0.1, 0.15) is 0 Å². The van der Waals surface area contributed by atoms with Gasteiger partial charge in [0.25, 0.3) is 0 Å². The molecule has 110 valence electrons. The predicted octanol–water partition coefficient (Wildman–Crippen LogP) is 2.73. The Bertz CT molecular complexity index is 449. The van der Waals surface area contributed by atoms with Crippen LogP contribution < -0.4 is 10.6 Å². The average Bonchev–Trinajstić information content (AvgIpc) is 2.98. The number of hydrogen-bond donors (Lipinski definition) is 1. The molecule has 1 saturated carbocycles. The van der Waals surface area contributed by atoms with E-state index in [1.54, 1.807) is 0 Å². The first-order chi connectivity index (χ1) is 9.75. The van der Waals surface area contributed by atoms with Gasteiger partial charge in [0, 0.05) is 38.3 Å². The number of benzene rings is 1. The van der Waals surface area contributed by atoms with E-state index in [1.165, 1.54) is 31.4 Å². The minimum Gasteiger partial charge on any atom is -0.368 e. The molecule has 0 amide bonds. The normalized spacial score (nSPS) is 23.2. The van der Waals surface area contributed by atoms with Crippen molar-refractivity contribution >= 4 is 17.3 Å². The van der Waals surface area contributed by atoms with E-state index >= 15 is 0 Å². The van der Waals surface area contributed by atoms with Crippen molar-refractivity contribution < 1.29 is 0 Å². The van der Waals surface area contributed by atoms with Gasteiger partial charge in [0.15, 0.2) is 0 Å². The van der Waals surface area contributed by atoms with E-state index in [0.29, 0.717) is 0 Å². The maximum Gasteiger partial charge on any atom is 0.0639 e. The number of piperazine rings is 1. The molecule has 0 bridgehead atoms. The Balaban J connectivity index is 1.66. The summed E-state index contributed by atoms with van der Waals surface area (Å²) in [5, 5.41) is 0.857. The molecule has 1 saturated heterocycles. The first-order valence-electron chi connectivity index (χ1n) is 7.70. The summed E-state index contributed by atoms with van der Waals surface area (Å²) < 4.78 is 0. The maximum absolute atomic E-state index is 6.30. The molecule has 0 aromatic heterocycles. The Morgan fingerprint density at radius 3 is 2.30 bits per heavy atom. The Hall–Kier alpha value is -0.770. The summed E-state index contributed by atoms with van der Waals surface area (Å²) in [5.74, 6) is 0. The molecule has 3 nitrogen and oxygen atoms in total. The fourth-order valence-electron chi connectivity index (χ4n) is 3.81. The standard InChI is InChI=1S/C16H24ClN3/c17-14-5-1-2-6-15(14)19-9-11-20(12-10-19)16(13-18)7-3-4-8-16/h1-2,5-6H,3-4,7-13,18H2. The first kappa shape index (κ1) is 14.2. The molecule has 0 atom stereocenters. The van der Waals surface area contributed by atoms with E-state index in [1.807, 2.05) is 12.1 Å². The van der Waals surface area contributed by atoms with Gasteiger partial charge >= 0.3 is 0 Å². The predicted molar refractivity (Wildman–Crippen MR) is 85.5 cm³/mol. The van der Waals surface area contributed by atoms with Crippen LogP contribution in [0.4, 0.5) is 5.69 Å². The van der Waals surface area contributed by atoms with Gasteiger partial charge in [-0.3, -0.25) is 4.90 Å². The highest BCUT2D eigenvalue weighted by molar-refractivity contribution is 6.33. The summed E-state index contributed by atoms with van der Waals surface area (Å²) in [5.41, 5.74) is 7.55. The zero-order valence-electron chi connectivity index (χ0n) is 12.0. The van der Waals surface area contributed by atoms with Crippen molar-refractivity contribution in [2.45, 2.75) is 31.2 Å². The second-order valence-electron chi connectivity index (χ2n) is 6.06. The van der Waals surface area contributed by atoms with Gasteiger partial charge in [-0.05, 0) is 25.0 Å². The molecule has 0 spiro atoms. The smallest absolute Gasteiger partial charge is 0.0639 e. The molecule has 1 heterocycles. The molecule has 2 aliphatic rings. The van der Waals surface area contributed by atoms with Gasteiger partial charge in [-0.2, -0.15) is 0 Å². The topological polar surface area (TPSA) is 32.5 Å². The van der Waals surface area contributed by atoms with Crippen molar-refractivity contribution in [3.05, 3.63) is 29.3 Å². The van der Waals surface area contributed by atoms with Gasteiger partial charge in [0.05, 0.1) is 10.7 Å². The lowest BCUT2D eigenvalue weighted by Crippen LogP contribution is -2.59. The molecular formula is C16H24ClN3. The quantitative estimate of drug-likeness (QED) is 0.930. The lowest BCUT2D eigenvalue weighted by molar-refractivity contribution is 0.0921. The maximum atomic E-state index is 6.30. The van der Waals surface area contributed by atoms with Crippen molar-refractivity contribution in [3.8, 4) is 0 Å². The molecule has 2 fully saturated rings. The number of para-hydroxylation sites is 1. The minimum atomic E-state index is 0.284. The molecular weight excluding hydrogens is 270 g/mol. The van der Waals surface area contributed by atoms with Crippen LogP contribution >= 0.6 is 11.6 Å². The van der Waals surface area contributed by atoms with Crippen LogP contribution in [-0.4, -0.2) is 43.2 Å². The minimum absolute atomic E-state index is 0.284. The zero-order valence-corrected chi connectivity index (χ0v) is 12.8. The highest BCUT2D eigenvalue weighted by atomic mass is 35.5. The summed E-state index contributed by atoms with van der Waals surface area (Å²) in [7, 11) is 0. The summed E-state index contributed by atoms with van der Waals surface area (Å²) in [6.45, 7) is 5.10. The van der Waals surface area contributed by atoms with Crippen LogP contribution in [0.1, 0.15) is 25.7 Å². The fourth-order valence-corrected chi connectivity index (χ4v) is 4.07. The second-order valence-corrected chi connectivity index (χ2v) is 6.47. The number of halogens is 1. The summed E-state index contributed by atoms with van der Waals surface area (Å²) in [4.78, 5) is 5.03. The van der Waals surface area contributed by atoms with Gasteiger partial charge in [-0.15, -0.1) is 0 Å². The van der Waals surface area contributed by atoms with Gasteiger partial charge < -0.3 is 10.6 Å². The van der Waals surface area contributed by atoms with E-state index in [-0.39, 0.29) is 5.54 Å². The van der Waals surface area contributed by atoms with Crippen LogP contribution in [0.25, 0.3) is 0 Å². The number of nitrogens with two attached hydrogens (primary N) is 1. The third-order valence-electron chi connectivity index (χ3n) is 5.06. The average molecular weight is 294 g/mol. The fraction of sp³-hybridized carbons (Fsp3) is 0.625. The van der Waals surface area contributed by atoms with E-state index in [9.17, 15) is 0 Å². The lowest BCUT2D eigenvalue weighted by Gasteiger charge is -2.46. The van der Waals surface area contributed by atoms with Gasteiger partial charge in [-0.1, -0.05) is 36.6 Å². The van der Waals surface area contributed by atoms with E-state index in [2.05, 4.69) is 21.9 Å². The number of rotatable bonds is 3. The van der Waals surface area contributed by atoms with Crippen LogP contribution in [0.3, 0.4) is 0 Å². The van der Waals surface area contributed by atoms with Crippen LogP contribution in [0.15, 0.2) is 24.3 Å². The monoisotopic (exact) mass is 293 g/mol. The number of nitrogens with zero attached hydrogens (tertiary/aromatic N) is 2. The molecule has 1 aliphatic carbocycles. The van der Waals surface area contributed by atoms with Crippen LogP contribution in [0, 0.1) is 0 Å². The largest absolute Gasteiger partial charge is 0.368 e. The van der Waals surface area contributed by atoms with Crippen molar-refractivity contribution in [2.24, 2.45) is 5.73 Å². The van der Waals surface area contributed by atoms with Gasteiger partial charge in [0.2, 0.25) is 0 Å². The van der Waals surface area contributed by atoms with Crippen molar-refractivity contribution in [3.63, 3.8) is 0 Å². The van der Waals surface area contributed by atoms with Crippen LogP contribution in [0.5, 0.6) is 0 Å². The molecule has 20 heavy (non-hydrogen) atoms. The first-order valence-corrected chi connectivity index (χ1v) is 8.08. The number of anilines is 1. The Morgan fingerprint density at radius 1 is 1.05 bits per heavy atom. The zero-order chi connectivity index (χ0) is 14.0. The van der Waals surface area contributed by atoms with Gasteiger partial charge in [-0.25, -0.2) is 0 Å². The third-order valence-corrected chi connectivity index (χ3v) is 5.38. The molecule has 1 aromatic carbocycles.